The summed E-state index contributed by atoms with van der Waals surface area (Å²) in [6, 6.07) is 11.1. The number of halogens is 1. The minimum absolute atomic E-state index is 0.132. The van der Waals surface area contributed by atoms with Gasteiger partial charge in [0.05, 0.1) is 16.3 Å². The van der Waals surface area contributed by atoms with E-state index in [4.69, 9.17) is 0 Å². The highest BCUT2D eigenvalue weighted by Crippen LogP contribution is 2.24. The third-order valence-electron chi connectivity index (χ3n) is 3.84. The van der Waals surface area contributed by atoms with Crippen LogP contribution in [-0.4, -0.2) is 23.4 Å². The van der Waals surface area contributed by atoms with Crippen LogP contribution < -0.4 is 0 Å². The monoisotopic (exact) mass is 345 g/mol. The highest BCUT2D eigenvalue weighted by atomic mass is 32.2. The number of aryl methyl sites for hydroxylation is 2. The zero-order valence-corrected chi connectivity index (χ0v) is 14.3. The summed E-state index contributed by atoms with van der Waals surface area (Å²) in [5.74, 6) is -0.384. The molecule has 2 aromatic carbocycles. The van der Waals surface area contributed by atoms with Crippen molar-refractivity contribution >= 4 is 9.84 Å². The molecular weight excluding hydrogens is 329 g/mol. The zero-order valence-electron chi connectivity index (χ0n) is 13.5. The molecule has 1 heterocycles. The van der Waals surface area contributed by atoms with Crippen LogP contribution in [-0.2, 0) is 9.84 Å². The maximum Gasteiger partial charge on any atom is 0.227 e. The van der Waals surface area contributed by atoms with E-state index in [-0.39, 0.29) is 15.7 Å². The summed E-state index contributed by atoms with van der Waals surface area (Å²) in [6.07, 6.45) is 0. The lowest BCUT2D eigenvalue weighted by atomic mass is 10.2. The fourth-order valence-corrected chi connectivity index (χ4v) is 3.69. The van der Waals surface area contributed by atoms with Crippen LogP contribution in [0.4, 0.5) is 4.39 Å². The van der Waals surface area contributed by atoms with Crippen molar-refractivity contribution in [1.82, 2.24) is 15.0 Å². The first-order valence-corrected chi connectivity index (χ1v) is 8.79. The van der Waals surface area contributed by atoms with Gasteiger partial charge in [-0.2, -0.15) is 0 Å². The van der Waals surface area contributed by atoms with E-state index in [1.54, 1.807) is 38.1 Å². The number of hydrogen-bond donors (Lipinski definition) is 0. The molecular formula is C17H16FN3O2S. The van der Waals surface area contributed by atoms with E-state index in [9.17, 15) is 12.8 Å². The predicted octanol–water partition coefficient (Wildman–Crippen LogP) is 3.16. The molecule has 7 heteroatoms. The van der Waals surface area contributed by atoms with Crippen molar-refractivity contribution in [3.63, 3.8) is 0 Å². The second-order valence-corrected chi connectivity index (χ2v) is 7.51. The van der Waals surface area contributed by atoms with Gasteiger partial charge in [0, 0.05) is 0 Å². The molecule has 3 aromatic rings. The van der Waals surface area contributed by atoms with Crippen molar-refractivity contribution in [2.24, 2.45) is 0 Å². The van der Waals surface area contributed by atoms with Crippen LogP contribution in [0.15, 0.2) is 52.4 Å². The molecule has 0 unspecified atom stereocenters. The molecule has 24 heavy (non-hydrogen) atoms. The Balaban J connectivity index is 2.09. The van der Waals surface area contributed by atoms with Crippen LogP contribution in [0.2, 0.25) is 0 Å². The standard InChI is InChI=1S/C17H16FN3O2S/c1-11-4-8-15(9-5-11)24(22,23)17-13(3)21(20-19-17)14-7-6-12(2)16(18)10-14/h4-10H,1-3H3. The van der Waals surface area contributed by atoms with Crippen LogP contribution in [0.25, 0.3) is 5.69 Å². The Morgan fingerprint density at radius 2 is 1.67 bits per heavy atom. The fourth-order valence-electron chi connectivity index (χ4n) is 2.35. The second kappa shape index (κ2) is 5.83. The summed E-state index contributed by atoms with van der Waals surface area (Å²) in [5.41, 5.74) is 2.22. The number of nitrogens with zero attached hydrogens (tertiary/aromatic N) is 3. The molecule has 0 aliphatic rings. The highest BCUT2D eigenvalue weighted by Gasteiger charge is 2.25. The Labute approximate surface area is 139 Å². The van der Waals surface area contributed by atoms with Crippen LogP contribution in [0.3, 0.4) is 0 Å². The highest BCUT2D eigenvalue weighted by molar-refractivity contribution is 7.91. The predicted molar refractivity (Wildman–Crippen MR) is 87.4 cm³/mol. The van der Waals surface area contributed by atoms with Crippen molar-refractivity contribution in [1.29, 1.82) is 0 Å². The van der Waals surface area contributed by atoms with E-state index in [0.29, 0.717) is 16.9 Å². The molecule has 0 atom stereocenters. The van der Waals surface area contributed by atoms with E-state index in [1.807, 2.05) is 6.92 Å². The van der Waals surface area contributed by atoms with Gasteiger partial charge in [0.1, 0.15) is 5.82 Å². The first-order valence-electron chi connectivity index (χ1n) is 7.31. The minimum atomic E-state index is -3.78. The summed E-state index contributed by atoms with van der Waals surface area (Å²) in [5, 5.41) is 7.57. The number of sulfone groups is 1. The SMILES string of the molecule is Cc1ccc(S(=O)(=O)c2nnn(-c3ccc(C)c(F)c3)c2C)cc1. The lowest BCUT2D eigenvalue weighted by Crippen LogP contribution is -2.06. The number of benzene rings is 2. The summed E-state index contributed by atoms with van der Waals surface area (Å²) in [6.45, 7) is 5.13. The van der Waals surface area contributed by atoms with Gasteiger partial charge in [0.25, 0.3) is 0 Å². The molecule has 0 aliphatic carbocycles. The molecule has 0 radical (unpaired) electrons. The minimum Gasteiger partial charge on any atom is -0.217 e. The number of hydrogen-bond acceptors (Lipinski definition) is 4. The molecule has 0 fully saturated rings. The Morgan fingerprint density at radius 1 is 1.00 bits per heavy atom. The van der Waals surface area contributed by atoms with Gasteiger partial charge in [-0.1, -0.05) is 29.0 Å². The quantitative estimate of drug-likeness (QED) is 0.731. The van der Waals surface area contributed by atoms with Gasteiger partial charge >= 0.3 is 0 Å². The van der Waals surface area contributed by atoms with Gasteiger partial charge in [-0.05, 0) is 50.6 Å². The van der Waals surface area contributed by atoms with Crippen LogP contribution >= 0.6 is 0 Å². The lowest BCUT2D eigenvalue weighted by molar-refractivity contribution is 0.591. The molecule has 0 bridgehead atoms. The van der Waals surface area contributed by atoms with Crippen molar-refractivity contribution < 1.29 is 12.8 Å². The van der Waals surface area contributed by atoms with Crippen molar-refractivity contribution in [2.75, 3.05) is 0 Å². The molecule has 0 spiro atoms. The van der Waals surface area contributed by atoms with E-state index < -0.39 is 9.84 Å². The van der Waals surface area contributed by atoms with Crippen LogP contribution in [0.5, 0.6) is 0 Å². The summed E-state index contributed by atoms with van der Waals surface area (Å²) < 4.78 is 40.6. The largest absolute Gasteiger partial charge is 0.227 e. The average Bonchev–Trinajstić information content (AvgIpc) is 2.93. The summed E-state index contributed by atoms with van der Waals surface area (Å²) in [4.78, 5) is 0.151. The van der Waals surface area contributed by atoms with Gasteiger partial charge in [-0.3, -0.25) is 0 Å². The molecule has 5 nitrogen and oxygen atoms in total. The zero-order chi connectivity index (χ0) is 17.5. The Morgan fingerprint density at radius 3 is 2.29 bits per heavy atom. The topological polar surface area (TPSA) is 64.8 Å². The Hall–Kier alpha value is -2.54. The molecule has 0 amide bonds. The smallest absolute Gasteiger partial charge is 0.217 e. The van der Waals surface area contributed by atoms with E-state index in [1.165, 1.54) is 22.9 Å². The van der Waals surface area contributed by atoms with Gasteiger partial charge in [0.2, 0.25) is 14.9 Å². The van der Waals surface area contributed by atoms with Gasteiger partial charge < -0.3 is 0 Å². The van der Waals surface area contributed by atoms with Crippen LogP contribution in [0.1, 0.15) is 16.8 Å². The maximum atomic E-state index is 13.8. The lowest BCUT2D eigenvalue weighted by Gasteiger charge is -2.06. The summed E-state index contributed by atoms with van der Waals surface area (Å²) in [7, 11) is -3.78. The van der Waals surface area contributed by atoms with Crippen molar-refractivity contribution in [3.8, 4) is 5.69 Å². The van der Waals surface area contributed by atoms with Crippen LogP contribution in [0, 0.1) is 26.6 Å². The van der Waals surface area contributed by atoms with Gasteiger partial charge in [-0.15, -0.1) is 5.10 Å². The summed E-state index contributed by atoms with van der Waals surface area (Å²) >= 11 is 0. The van der Waals surface area contributed by atoms with E-state index in [0.717, 1.165) is 5.56 Å². The van der Waals surface area contributed by atoms with Crippen molar-refractivity contribution in [3.05, 3.63) is 65.1 Å². The number of rotatable bonds is 3. The second-order valence-electron chi connectivity index (χ2n) is 5.64. The molecule has 0 N–H and O–H groups in total. The third-order valence-corrected chi connectivity index (χ3v) is 5.62. The Bertz CT molecular complexity index is 1010. The Kier molecular flexibility index (Phi) is 3.96. The maximum absolute atomic E-state index is 13.8. The van der Waals surface area contributed by atoms with Gasteiger partial charge in [0.15, 0.2) is 0 Å². The molecule has 3 rings (SSSR count). The molecule has 0 aliphatic heterocycles. The first kappa shape index (κ1) is 16.3. The number of aromatic nitrogens is 3. The first-order chi connectivity index (χ1) is 11.3. The van der Waals surface area contributed by atoms with Crippen molar-refractivity contribution in [2.45, 2.75) is 30.7 Å². The molecule has 0 saturated carbocycles. The normalized spacial score (nSPS) is 11.7. The van der Waals surface area contributed by atoms with Gasteiger partial charge in [-0.25, -0.2) is 17.5 Å². The molecule has 0 saturated heterocycles. The molecule has 124 valence electrons. The average molecular weight is 345 g/mol. The fraction of sp³-hybridized carbons (Fsp3) is 0.176. The molecule has 1 aromatic heterocycles. The van der Waals surface area contributed by atoms with E-state index in [2.05, 4.69) is 10.3 Å². The van der Waals surface area contributed by atoms with E-state index >= 15 is 0 Å². The third kappa shape index (κ3) is 2.71.